The molecular weight excluding hydrogens is 229 g/mol. The quantitative estimate of drug-likeness (QED) is 0.782. The zero-order valence-electron chi connectivity index (χ0n) is 9.68. The minimum Gasteiger partial charge on any atom is -0.490 e. The molecule has 4 heteroatoms. The summed E-state index contributed by atoms with van der Waals surface area (Å²) in [7, 11) is 0. The molecular formula is C13H15F3O. The first-order valence-corrected chi connectivity index (χ1v) is 5.74. The van der Waals surface area contributed by atoms with Gasteiger partial charge < -0.3 is 4.74 Å². The number of rotatable bonds is 3. The third-order valence-electron chi connectivity index (χ3n) is 3.14. The molecule has 0 aliphatic heterocycles. The second-order valence-corrected chi connectivity index (χ2v) is 4.66. The molecule has 17 heavy (non-hydrogen) atoms. The monoisotopic (exact) mass is 244 g/mol. The van der Waals surface area contributed by atoms with Crippen molar-refractivity contribution in [1.29, 1.82) is 0 Å². The summed E-state index contributed by atoms with van der Waals surface area (Å²) in [6.07, 6.45) is 0.207. The highest BCUT2D eigenvalue weighted by molar-refractivity contribution is 5.30. The molecule has 1 fully saturated rings. The molecule has 1 aliphatic carbocycles. The van der Waals surface area contributed by atoms with Crippen LogP contribution in [-0.2, 0) is 0 Å². The van der Waals surface area contributed by atoms with E-state index in [0.29, 0.717) is 12.0 Å². The number of hydrogen-bond donors (Lipinski definition) is 0. The average molecular weight is 244 g/mol. The molecule has 1 atom stereocenters. The third-order valence-corrected chi connectivity index (χ3v) is 3.14. The molecule has 0 radical (unpaired) electrons. The van der Waals surface area contributed by atoms with Gasteiger partial charge in [-0.2, -0.15) is 0 Å². The van der Waals surface area contributed by atoms with Gasteiger partial charge >= 0.3 is 0 Å². The van der Waals surface area contributed by atoms with Gasteiger partial charge in [0.05, 0.1) is 6.61 Å². The number of ether oxygens (including phenoxy) is 1. The maximum absolute atomic E-state index is 13.6. The van der Waals surface area contributed by atoms with Gasteiger partial charge in [-0.05, 0) is 30.9 Å². The van der Waals surface area contributed by atoms with E-state index in [1.807, 2.05) is 0 Å². The van der Waals surface area contributed by atoms with Crippen LogP contribution >= 0.6 is 0 Å². The Hall–Kier alpha value is -1.19. The van der Waals surface area contributed by atoms with Gasteiger partial charge in [-0.15, -0.1) is 0 Å². The van der Waals surface area contributed by atoms with Crippen LogP contribution in [0.2, 0.25) is 0 Å². The first kappa shape index (κ1) is 12.3. The van der Waals surface area contributed by atoms with Gasteiger partial charge in [0.25, 0.3) is 0 Å². The lowest BCUT2D eigenvalue weighted by molar-refractivity contribution is 0.00286. The maximum Gasteiger partial charge on any atom is 0.248 e. The Morgan fingerprint density at radius 1 is 1.41 bits per heavy atom. The molecule has 1 unspecified atom stereocenters. The highest BCUT2D eigenvalue weighted by Crippen LogP contribution is 2.39. The van der Waals surface area contributed by atoms with E-state index in [4.69, 9.17) is 4.74 Å². The molecule has 0 heterocycles. The van der Waals surface area contributed by atoms with Crippen molar-refractivity contribution in [1.82, 2.24) is 0 Å². The van der Waals surface area contributed by atoms with Crippen molar-refractivity contribution in [3.63, 3.8) is 0 Å². The summed E-state index contributed by atoms with van der Waals surface area (Å²) in [5.74, 6) is -3.00. The molecule has 1 nitrogen and oxygen atoms in total. The molecule has 1 aromatic rings. The van der Waals surface area contributed by atoms with Gasteiger partial charge in [0.1, 0.15) is 0 Å². The number of alkyl halides is 2. The molecule has 1 aromatic carbocycles. The molecule has 0 aromatic heterocycles. The molecule has 0 spiro atoms. The highest BCUT2D eigenvalue weighted by Gasteiger charge is 2.39. The Morgan fingerprint density at radius 2 is 2.18 bits per heavy atom. The molecule has 0 amide bonds. The lowest BCUT2D eigenvalue weighted by atomic mass is 10.1. The van der Waals surface area contributed by atoms with Crippen LogP contribution in [0.4, 0.5) is 13.2 Å². The molecule has 1 saturated carbocycles. The maximum atomic E-state index is 13.6. The Bertz CT molecular complexity index is 404. The van der Waals surface area contributed by atoms with Gasteiger partial charge in [-0.3, -0.25) is 0 Å². The Morgan fingerprint density at radius 3 is 2.82 bits per heavy atom. The predicted molar refractivity (Wildman–Crippen MR) is 58.9 cm³/mol. The summed E-state index contributed by atoms with van der Waals surface area (Å²) >= 11 is 0. The highest BCUT2D eigenvalue weighted by atomic mass is 19.3. The second-order valence-electron chi connectivity index (χ2n) is 4.66. The van der Waals surface area contributed by atoms with E-state index in [1.54, 1.807) is 19.1 Å². The number of aryl methyl sites for hydroxylation is 1. The van der Waals surface area contributed by atoms with Gasteiger partial charge in [0.2, 0.25) is 5.92 Å². The number of halogens is 3. The zero-order valence-corrected chi connectivity index (χ0v) is 9.68. The summed E-state index contributed by atoms with van der Waals surface area (Å²) in [6, 6.07) is 4.86. The van der Waals surface area contributed by atoms with Crippen LogP contribution in [0, 0.1) is 18.7 Å². The normalized spacial score (nSPS) is 22.7. The van der Waals surface area contributed by atoms with E-state index in [0.717, 1.165) is 0 Å². The fourth-order valence-corrected chi connectivity index (χ4v) is 2.12. The van der Waals surface area contributed by atoms with Crippen molar-refractivity contribution >= 4 is 0 Å². The van der Waals surface area contributed by atoms with Gasteiger partial charge in [-0.25, -0.2) is 13.2 Å². The largest absolute Gasteiger partial charge is 0.490 e. The third kappa shape index (κ3) is 2.93. The number of hydrogen-bond acceptors (Lipinski definition) is 1. The van der Waals surface area contributed by atoms with Crippen LogP contribution in [0.3, 0.4) is 0 Å². The summed E-state index contributed by atoms with van der Waals surface area (Å²) in [5.41, 5.74) is 0.499. The Labute approximate surface area is 98.6 Å². The van der Waals surface area contributed by atoms with Crippen LogP contribution in [0.15, 0.2) is 18.2 Å². The van der Waals surface area contributed by atoms with Crippen LogP contribution in [0.25, 0.3) is 0 Å². The lowest BCUT2D eigenvalue weighted by Gasteiger charge is -2.13. The van der Waals surface area contributed by atoms with E-state index in [1.165, 1.54) is 6.07 Å². The lowest BCUT2D eigenvalue weighted by Crippen LogP contribution is -2.14. The molecule has 1 aliphatic rings. The smallest absolute Gasteiger partial charge is 0.248 e. The van der Waals surface area contributed by atoms with Gasteiger partial charge in [0.15, 0.2) is 11.6 Å². The Kier molecular flexibility index (Phi) is 3.31. The summed E-state index contributed by atoms with van der Waals surface area (Å²) in [5, 5.41) is 0. The van der Waals surface area contributed by atoms with Crippen LogP contribution in [0.1, 0.15) is 24.8 Å². The molecule has 0 saturated heterocycles. The van der Waals surface area contributed by atoms with Crippen molar-refractivity contribution in [3.8, 4) is 5.75 Å². The van der Waals surface area contributed by atoms with Gasteiger partial charge in [0, 0.05) is 12.8 Å². The Balaban J connectivity index is 1.93. The SMILES string of the molecule is Cc1cccc(OCC2CCC(F)(F)C2)c1F. The standard InChI is InChI=1S/C13H15F3O/c1-9-3-2-4-11(12(9)14)17-8-10-5-6-13(15,16)7-10/h2-4,10H,5-8H2,1H3. The molecule has 2 rings (SSSR count). The van der Waals surface area contributed by atoms with E-state index in [2.05, 4.69) is 0 Å². The summed E-state index contributed by atoms with van der Waals surface area (Å²) in [6.45, 7) is 1.81. The van der Waals surface area contributed by atoms with Crippen molar-refractivity contribution in [3.05, 3.63) is 29.6 Å². The predicted octanol–water partition coefficient (Wildman–Crippen LogP) is 3.95. The number of benzene rings is 1. The minimum absolute atomic E-state index is 0.0860. The van der Waals surface area contributed by atoms with Crippen LogP contribution in [-0.4, -0.2) is 12.5 Å². The second kappa shape index (κ2) is 4.59. The fourth-order valence-electron chi connectivity index (χ4n) is 2.12. The van der Waals surface area contributed by atoms with Crippen LogP contribution < -0.4 is 4.74 Å². The van der Waals surface area contributed by atoms with E-state index >= 15 is 0 Å². The van der Waals surface area contributed by atoms with E-state index < -0.39 is 11.7 Å². The molecule has 0 N–H and O–H groups in total. The zero-order chi connectivity index (χ0) is 12.5. The summed E-state index contributed by atoms with van der Waals surface area (Å²) < 4.78 is 44.7. The topological polar surface area (TPSA) is 9.23 Å². The van der Waals surface area contributed by atoms with Crippen molar-refractivity contribution < 1.29 is 17.9 Å². The molecule has 0 bridgehead atoms. The van der Waals surface area contributed by atoms with Crippen molar-refractivity contribution in [2.45, 2.75) is 32.1 Å². The fraction of sp³-hybridized carbons (Fsp3) is 0.538. The van der Waals surface area contributed by atoms with Crippen LogP contribution in [0.5, 0.6) is 5.75 Å². The first-order valence-electron chi connectivity index (χ1n) is 5.74. The van der Waals surface area contributed by atoms with E-state index in [9.17, 15) is 13.2 Å². The molecule has 94 valence electrons. The summed E-state index contributed by atoms with van der Waals surface area (Å²) in [4.78, 5) is 0. The van der Waals surface area contributed by atoms with Crippen molar-refractivity contribution in [2.24, 2.45) is 5.92 Å². The first-order chi connectivity index (χ1) is 7.98. The van der Waals surface area contributed by atoms with E-state index in [-0.39, 0.29) is 31.1 Å². The van der Waals surface area contributed by atoms with Crippen molar-refractivity contribution in [2.75, 3.05) is 6.61 Å². The average Bonchev–Trinajstić information content (AvgIpc) is 2.61. The minimum atomic E-state index is -2.57. The van der Waals surface area contributed by atoms with Gasteiger partial charge in [-0.1, -0.05) is 12.1 Å².